The third-order valence-electron chi connectivity index (χ3n) is 6.30. The first-order chi connectivity index (χ1) is 16.0. The number of nitrogens with zero attached hydrogens (tertiary/aromatic N) is 2. The molecule has 0 radical (unpaired) electrons. The van der Waals surface area contributed by atoms with Gasteiger partial charge in [0.15, 0.2) is 5.54 Å². The monoisotopic (exact) mass is 447 g/mol. The average Bonchev–Trinajstić information content (AvgIpc) is 3.54. The van der Waals surface area contributed by atoms with Crippen molar-refractivity contribution in [2.45, 2.75) is 44.7 Å². The number of para-hydroxylation sites is 1. The van der Waals surface area contributed by atoms with E-state index in [0.717, 1.165) is 41.7 Å². The SMILES string of the molecule is CC1(c2cc3ccccc3o2)NC(=O)N(CC(=O)N(Cc2ccco2)C2=CCCCC2)C1=O. The quantitative estimate of drug-likeness (QED) is 0.569. The van der Waals surface area contributed by atoms with Crippen molar-refractivity contribution in [1.82, 2.24) is 15.1 Å². The summed E-state index contributed by atoms with van der Waals surface area (Å²) in [5.74, 6) is 0.117. The predicted molar refractivity (Wildman–Crippen MR) is 120 cm³/mol. The summed E-state index contributed by atoms with van der Waals surface area (Å²) in [5.41, 5.74) is 0.140. The summed E-state index contributed by atoms with van der Waals surface area (Å²) < 4.78 is 11.3. The van der Waals surface area contributed by atoms with Gasteiger partial charge in [0.2, 0.25) is 5.91 Å². The maximum atomic E-state index is 13.4. The number of hydrogen-bond acceptors (Lipinski definition) is 5. The van der Waals surface area contributed by atoms with Crippen LogP contribution in [-0.2, 0) is 21.7 Å². The molecule has 1 aliphatic heterocycles. The summed E-state index contributed by atoms with van der Waals surface area (Å²) in [7, 11) is 0. The molecule has 1 aliphatic carbocycles. The molecule has 2 aliphatic rings. The Morgan fingerprint density at radius 3 is 2.76 bits per heavy atom. The number of hydrogen-bond donors (Lipinski definition) is 1. The van der Waals surface area contributed by atoms with E-state index in [1.165, 1.54) is 0 Å². The fourth-order valence-electron chi connectivity index (χ4n) is 4.43. The lowest BCUT2D eigenvalue weighted by molar-refractivity contribution is -0.138. The van der Waals surface area contributed by atoms with Crippen LogP contribution in [0.1, 0.15) is 44.1 Å². The molecule has 0 bridgehead atoms. The minimum atomic E-state index is -1.38. The zero-order chi connectivity index (χ0) is 23.0. The Morgan fingerprint density at radius 2 is 2.03 bits per heavy atom. The fourth-order valence-corrected chi connectivity index (χ4v) is 4.43. The maximum absolute atomic E-state index is 13.4. The van der Waals surface area contributed by atoms with Crippen molar-refractivity contribution < 1.29 is 23.2 Å². The zero-order valence-electron chi connectivity index (χ0n) is 18.4. The van der Waals surface area contributed by atoms with Crippen LogP contribution in [0.15, 0.2) is 69.3 Å². The van der Waals surface area contributed by atoms with Gasteiger partial charge in [-0.25, -0.2) is 4.79 Å². The van der Waals surface area contributed by atoms with Crippen LogP contribution in [0.3, 0.4) is 0 Å². The summed E-state index contributed by atoms with van der Waals surface area (Å²) >= 11 is 0. The van der Waals surface area contributed by atoms with Crippen LogP contribution in [0.5, 0.6) is 0 Å². The van der Waals surface area contributed by atoms with Crippen molar-refractivity contribution in [3.63, 3.8) is 0 Å². The normalized spacial score (nSPS) is 20.8. The Labute approximate surface area is 190 Å². The van der Waals surface area contributed by atoms with Gasteiger partial charge >= 0.3 is 6.03 Å². The van der Waals surface area contributed by atoms with Gasteiger partial charge in [0.1, 0.15) is 23.6 Å². The minimum absolute atomic E-state index is 0.252. The van der Waals surface area contributed by atoms with Crippen LogP contribution in [0, 0.1) is 0 Å². The molecule has 2 aromatic heterocycles. The van der Waals surface area contributed by atoms with Gasteiger partial charge < -0.3 is 19.1 Å². The molecule has 1 saturated heterocycles. The van der Waals surface area contributed by atoms with Gasteiger partial charge in [-0.05, 0) is 56.9 Å². The van der Waals surface area contributed by atoms with Gasteiger partial charge in [0.05, 0.1) is 12.8 Å². The molecule has 1 fully saturated rings. The van der Waals surface area contributed by atoms with Crippen molar-refractivity contribution in [3.8, 4) is 0 Å². The lowest BCUT2D eigenvalue weighted by atomic mass is 9.99. The van der Waals surface area contributed by atoms with Gasteiger partial charge in [-0.15, -0.1) is 0 Å². The molecular weight excluding hydrogens is 422 g/mol. The number of fused-ring (bicyclic) bond motifs is 1. The smallest absolute Gasteiger partial charge is 0.325 e. The van der Waals surface area contributed by atoms with Crippen LogP contribution in [-0.4, -0.2) is 34.2 Å². The number of amides is 4. The number of carbonyl (C=O) groups is 3. The van der Waals surface area contributed by atoms with Crippen molar-refractivity contribution in [3.05, 3.63) is 72.0 Å². The Balaban J connectivity index is 1.39. The lowest BCUT2D eigenvalue weighted by Gasteiger charge is -2.28. The maximum Gasteiger partial charge on any atom is 0.325 e. The first-order valence-corrected chi connectivity index (χ1v) is 11.1. The minimum Gasteiger partial charge on any atom is -0.467 e. The zero-order valence-corrected chi connectivity index (χ0v) is 18.4. The Hall–Kier alpha value is -3.81. The summed E-state index contributed by atoms with van der Waals surface area (Å²) in [6.07, 6.45) is 7.34. The number of nitrogens with one attached hydrogen (secondary N) is 1. The molecule has 4 amide bonds. The molecule has 8 nitrogen and oxygen atoms in total. The number of allylic oxidation sites excluding steroid dienone is 2. The van der Waals surface area contributed by atoms with Crippen LogP contribution in [0.2, 0.25) is 0 Å². The molecule has 0 saturated carbocycles. The highest BCUT2D eigenvalue weighted by atomic mass is 16.3. The standard InChI is InChI=1S/C25H25N3O5/c1-25(21-14-17-8-5-6-12-20(17)33-21)23(30)28(24(31)26-25)16-22(29)27(15-19-11-7-13-32-19)18-9-3-2-4-10-18/h5-9,11-14H,2-4,10,15-16H2,1H3,(H,26,31). The second-order valence-corrected chi connectivity index (χ2v) is 8.60. The largest absolute Gasteiger partial charge is 0.467 e. The molecule has 33 heavy (non-hydrogen) atoms. The van der Waals surface area contributed by atoms with E-state index in [-0.39, 0.29) is 19.0 Å². The van der Waals surface area contributed by atoms with E-state index in [9.17, 15) is 14.4 Å². The second-order valence-electron chi connectivity index (χ2n) is 8.60. The Morgan fingerprint density at radius 1 is 1.18 bits per heavy atom. The molecule has 1 N–H and O–H groups in total. The highest BCUT2D eigenvalue weighted by Gasteiger charge is 2.52. The van der Waals surface area contributed by atoms with Crippen molar-refractivity contribution in [2.24, 2.45) is 0 Å². The van der Waals surface area contributed by atoms with Crippen molar-refractivity contribution in [2.75, 3.05) is 6.54 Å². The highest BCUT2D eigenvalue weighted by Crippen LogP contribution is 2.33. The topological polar surface area (TPSA) is 96.0 Å². The van der Waals surface area contributed by atoms with Crippen molar-refractivity contribution in [1.29, 1.82) is 0 Å². The first-order valence-electron chi connectivity index (χ1n) is 11.1. The molecule has 8 heteroatoms. The van der Waals surface area contributed by atoms with Crippen molar-refractivity contribution >= 4 is 28.8 Å². The van der Waals surface area contributed by atoms with Crippen LogP contribution in [0.4, 0.5) is 4.79 Å². The van der Waals surface area contributed by atoms with E-state index < -0.39 is 17.5 Å². The first kappa shape index (κ1) is 21.1. The fraction of sp³-hybridized carbons (Fsp3) is 0.320. The van der Waals surface area contributed by atoms with Crippen LogP contribution >= 0.6 is 0 Å². The Kier molecular flexibility index (Phi) is 5.28. The molecule has 3 heterocycles. The van der Waals surface area contributed by atoms with E-state index >= 15 is 0 Å². The molecule has 0 spiro atoms. The molecule has 1 unspecified atom stereocenters. The second kappa shape index (κ2) is 8.27. The van der Waals surface area contributed by atoms with E-state index in [1.807, 2.05) is 18.2 Å². The molecule has 3 aromatic rings. The molecule has 5 rings (SSSR count). The number of carbonyl (C=O) groups excluding carboxylic acids is 3. The predicted octanol–water partition coefficient (Wildman–Crippen LogP) is 4.28. The molecule has 170 valence electrons. The number of rotatable bonds is 6. The molecular formula is C25H25N3O5. The third kappa shape index (κ3) is 3.82. The van der Waals surface area contributed by atoms with Gasteiger partial charge in [0.25, 0.3) is 5.91 Å². The van der Waals surface area contributed by atoms with Gasteiger partial charge in [-0.2, -0.15) is 0 Å². The molecule has 1 atom stereocenters. The van der Waals surface area contributed by atoms with Crippen LogP contribution < -0.4 is 5.32 Å². The average molecular weight is 447 g/mol. The Bertz CT molecular complexity index is 1210. The summed E-state index contributed by atoms with van der Waals surface area (Å²) in [5, 5.41) is 3.55. The van der Waals surface area contributed by atoms with E-state index in [4.69, 9.17) is 8.83 Å². The van der Waals surface area contributed by atoms with Crippen LogP contribution in [0.25, 0.3) is 11.0 Å². The van der Waals surface area contributed by atoms with E-state index in [0.29, 0.717) is 17.1 Å². The van der Waals surface area contributed by atoms with E-state index in [1.54, 1.807) is 42.4 Å². The molecule has 1 aromatic carbocycles. The number of urea groups is 1. The summed E-state index contributed by atoms with van der Waals surface area (Å²) in [6.45, 7) is 1.49. The lowest BCUT2D eigenvalue weighted by Crippen LogP contribution is -2.44. The van der Waals surface area contributed by atoms with E-state index in [2.05, 4.69) is 11.4 Å². The summed E-state index contributed by atoms with van der Waals surface area (Å²) in [6, 6.07) is 12.1. The highest BCUT2D eigenvalue weighted by molar-refractivity contribution is 6.09. The number of benzene rings is 1. The number of furan rings is 2. The number of imide groups is 1. The summed E-state index contributed by atoms with van der Waals surface area (Å²) in [4.78, 5) is 42.1. The van der Waals surface area contributed by atoms with Gasteiger partial charge in [-0.3, -0.25) is 14.5 Å². The third-order valence-corrected chi connectivity index (χ3v) is 6.30. The van der Waals surface area contributed by atoms with Gasteiger partial charge in [0, 0.05) is 11.1 Å². The van der Waals surface area contributed by atoms with Gasteiger partial charge in [-0.1, -0.05) is 24.3 Å².